The molecule has 0 heterocycles. The average molecular weight is 245 g/mol. The summed E-state index contributed by atoms with van der Waals surface area (Å²) in [6, 6.07) is 7.80. The summed E-state index contributed by atoms with van der Waals surface area (Å²) in [7, 11) is 3.90. The number of carboxylic acids is 1. The van der Waals surface area contributed by atoms with E-state index < -0.39 is 11.4 Å². The van der Waals surface area contributed by atoms with Gasteiger partial charge in [0.1, 0.15) is 0 Å². The first-order valence-electron chi connectivity index (χ1n) is 6.23. The fraction of sp³-hybridized carbons (Fsp3) is 0.400. The molecule has 0 radical (unpaired) electrons. The lowest BCUT2D eigenvalue weighted by atomic mass is 9.71. The van der Waals surface area contributed by atoms with Gasteiger partial charge in [0, 0.05) is 19.8 Å². The van der Waals surface area contributed by atoms with E-state index in [2.05, 4.69) is 6.08 Å². The van der Waals surface area contributed by atoms with Gasteiger partial charge in [-0.15, -0.1) is 0 Å². The molecule has 0 amide bonds. The maximum atomic E-state index is 11.8. The van der Waals surface area contributed by atoms with Crippen molar-refractivity contribution in [3.8, 4) is 0 Å². The molecular formula is C15H19NO2. The first-order chi connectivity index (χ1) is 8.58. The Balaban J connectivity index is 2.56. The number of nitrogens with zero attached hydrogens (tertiary/aromatic N) is 1. The molecule has 0 saturated heterocycles. The fourth-order valence-electron chi connectivity index (χ4n) is 2.66. The van der Waals surface area contributed by atoms with Gasteiger partial charge < -0.3 is 10.0 Å². The number of anilines is 1. The second kappa shape index (κ2) is 4.84. The third-order valence-corrected chi connectivity index (χ3v) is 3.68. The van der Waals surface area contributed by atoms with Gasteiger partial charge in [0.15, 0.2) is 0 Å². The van der Waals surface area contributed by atoms with Gasteiger partial charge in [0.25, 0.3) is 0 Å². The summed E-state index contributed by atoms with van der Waals surface area (Å²) in [5, 5.41) is 9.70. The number of rotatable bonds is 3. The van der Waals surface area contributed by atoms with Gasteiger partial charge in [-0.3, -0.25) is 4.79 Å². The largest absolute Gasteiger partial charge is 0.481 e. The zero-order chi connectivity index (χ0) is 13.2. The van der Waals surface area contributed by atoms with Gasteiger partial charge in [-0.1, -0.05) is 30.4 Å². The SMILES string of the molecule is CN(C)c1ccccc1C1(C(=O)O)CC=CCC1. The molecule has 0 aliphatic heterocycles. The summed E-state index contributed by atoms with van der Waals surface area (Å²) in [4.78, 5) is 13.8. The van der Waals surface area contributed by atoms with Crippen molar-refractivity contribution in [2.75, 3.05) is 19.0 Å². The monoisotopic (exact) mass is 245 g/mol. The lowest BCUT2D eigenvalue weighted by Crippen LogP contribution is -2.37. The normalized spacial score (nSPS) is 22.8. The zero-order valence-corrected chi connectivity index (χ0v) is 10.9. The van der Waals surface area contributed by atoms with E-state index in [9.17, 15) is 9.90 Å². The summed E-state index contributed by atoms with van der Waals surface area (Å²) in [6.45, 7) is 0. The van der Waals surface area contributed by atoms with E-state index in [1.807, 2.05) is 49.3 Å². The van der Waals surface area contributed by atoms with Crippen LogP contribution in [-0.2, 0) is 10.2 Å². The number of aliphatic carboxylic acids is 1. The van der Waals surface area contributed by atoms with Crippen LogP contribution < -0.4 is 4.90 Å². The Labute approximate surface area is 108 Å². The van der Waals surface area contributed by atoms with Crippen LogP contribution in [0.2, 0.25) is 0 Å². The van der Waals surface area contributed by atoms with Crippen LogP contribution >= 0.6 is 0 Å². The molecule has 2 rings (SSSR count). The number of hydrogen-bond acceptors (Lipinski definition) is 2. The third-order valence-electron chi connectivity index (χ3n) is 3.68. The summed E-state index contributed by atoms with van der Waals surface area (Å²) in [5.74, 6) is -0.721. The van der Waals surface area contributed by atoms with Gasteiger partial charge in [-0.25, -0.2) is 0 Å². The van der Waals surface area contributed by atoms with E-state index >= 15 is 0 Å². The van der Waals surface area contributed by atoms with Crippen molar-refractivity contribution < 1.29 is 9.90 Å². The highest BCUT2D eigenvalue weighted by Gasteiger charge is 2.41. The average Bonchev–Trinajstić information content (AvgIpc) is 2.39. The Morgan fingerprint density at radius 3 is 2.56 bits per heavy atom. The molecule has 0 bridgehead atoms. The van der Waals surface area contributed by atoms with Gasteiger partial charge in [0.05, 0.1) is 5.41 Å². The molecule has 0 spiro atoms. The van der Waals surface area contributed by atoms with Crippen LogP contribution in [0.3, 0.4) is 0 Å². The predicted molar refractivity (Wildman–Crippen MR) is 73.1 cm³/mol. The van der Waals surface area contributed by atoms with E-state index in [0.29, 0.717) is 12.8 Å². The molecule has 1 N–H and O–H groups in total. The molecule has 3 nitrogen and oxygen atoms in total. The van der Waals surface area contributed by atoms with E-state index in [1.165, 1.54) is 0 Å². The third kappa shape index (κ3) is 2.01. The van der Waals surface area contributed by atoms with E-state index in [-0.39, 0.29) is 0 Å². The quantitative estimate of drug-likeness (QED) is 0.832. The maximum absolute atomic E-state index is 11.8. The molecule has 96 valence electrons. The van der Waals surface area contributed by atoms with Crippen molar-refractivity contribution in [2.24, 2.45) is 0 Å². The second-order valence-corrected chi connectivity index (χ2v) is 5.01. The summed E-state index contributed by atoms with van der Waals surface area (Å²) in [6.07, 6.45) is 6.13. The van der Waals surface area contributed by atoms with Crippen LogP contribution in [0.25, 0.3) is 0 Å². The molecule has 1 aromatic rings. The van der Waals surface area contributed by atoms with Crippen molar-refractivity contribution in [1.29, 1.82) is 0 Å². The highest BCUT2D eigenvalue weighted by atomic mass is 16.4. The molecule has 3 heteroatoms. The van der Waals surface area contributed by atoms with Crippen LogP contribution in [-0.4, -0.2) is 25.2 Å². The van der Waals surface area contributed by atoms with Crippen LogP contribution in [0.1, 0.15) is 24.8 Å². The highest BCUT2D eigenvalue weighted by molar-refractivity contribution is 5.84. The fourth-order valence-corrected chi connectivity index (χ4v) is 2.66. The number of hydrogen-bond donors (Lipinski definition) is 1. The van der Waals surface area contributed by atoms with Crippen molar-refractivity contribution in [3.63, 3.8) is 0 Å². The van der Waals surface area contributed by atoms with E-state index in [1.54, 1.807) is 0 Å². The van der Waals surface area contributed by atoms with E-state index in [4.69, 9.17) is 0 Å². The minimum Gasteiger partial charge on any atom is -0.481 e. The van der Waals surface area contributed by atoms with E-state index in [0.717, 1.165) is 17.7 Å². The molecule has 1 atom stereocenters. The second-order valence-electron chi connectivity index (χ2n) is 5.01. The Kier molecular flexibility index (Phi) is 3.41. The molecule has 0 fully saturated rings. The summed E-state index contributed by atoms with van der Waals surface area (Å²) >= 11 is 0. The molecule has 0 saturated carbocycles. The van der Waals surface area contributed by atoms with Crippen LogP contribution in [0, 0.1) is 0 Å². The van der Waals surface area contributed by atoms with Gasteiger partial charge >= 0.3 is 5.97 Å². The van der Waals surface area contributed by atoms with Crippen molar-refractivity contribution >= 4 is 11.7 Å². The van der Waals surface area contributed by atoms with Crippen molar-refractivity contribution in [1.82, 2.24) is 0 Å². The predicted octanol–water partition coefficient (Wildman–Crippen LogP) is 2.82. The number of carboxylic acid groups (broad SMARTS) is 1. The lowest BCUT2D eigenvalue weighted by Gasteiger charge is -2.34. The lowest BCUT2D eigenvalue weighted by molar-refractivity contribution is -0.144. The Hall–Kier alpha value is -1.77. The first-order valence-corrected chi connectivity index (χ1v) is 6.23. The number of benzene rings is 1. The molecule has 0 aromatic heterocycles. The number of allylic oxidation sites excluding steroid dienone is 2. The zero-order valence-electron chi connectivity index (χ0n) is 10.9. The Morgan fingerprint density at radius 2 is 2.00 bits per heavy atom. The number of carbonyl (C=O) groups is 1. The van der Waals surface area contributed by atoms with Gasteiger partial charge in [0.2, 0.25) is 0 Å². The molecule has 1 aromatic carbocycles. The maximum Gasteiger partial charge on any atom is 0.314 e. The summed E-state index contributed by atoms with van der Waals surface area (Å²) in [5.41, 5.74) is 1.15. The van der Waals surface area contributed by atoms with Gasteiger partial charge in [-0.05, 0) is 30.9 Å². The minimum absolute atomic E-state index is 0.577. The number of para-hydroxylation sites is 1. The summed E-state index contributed by atoms with van der Waals surface area (Å²) < 4.78 is 0. The molecule has 18 heavy (non-hydrogen) atoms. The minimum atomic E-state index is -0.768. The molecule has 1 aliphatic carbocycles. The molecule has 1 unspecified atom stereocenters. The van der Waals surface area contributed by atoms with Crippen LogP contribution in [0.4, 0.5) is 5.69 Å². The molecule has 1 aliphatic rings. The standard InChI is InChI=1S/C15H19NO2/c1-16(2)13-9-5-4-8-12(13)15(14(17)18)10-6-3-7-11-15/h3-6,8-9H,7,10-11H2,1-2H3,(H,17,18). The van der Waals surface area contributed by atoms with Gasteiger partial charge in [-0.2, -0.15) is 0 Å². The smallest absolute Gasteiger partial charge is 0.314 e. The van der Waals surface area contributed by atoms with Crippen LogP contribution in [0.5, 0.6) is 0 Å². The molecular weight excluding hydrogens is 226 g/mol. The van der Waals surface area contributed by atoms with Crippen molar-refractivity contribution in [3.05, 3.63) is 42.0 Å². The van der Waals surface area contributed by atoms with Crippen molar-refractivity contribution in [2.45, 2.75) is 24.7 Å². The Bertz CT molecular complexity index is 479. The van der Waals surface area contributed by atoms with Crippen LogP contribution in [0.15, 0.2) is 36.4 Å². The topological polar surface area (TPSA) is 40.5 Å². The highest BCUT2D eigenvalue weighted by Crippen LogP contribution is 2.41. The first kappa shape index (κ1) is 12.7. The Morgan fingerprint density at radius 1 is 1.28 bits per heavy atom.